The van der Waals surface area contributed by atoms with Crippen molar-refractivity contribution in [3.8, 4) is 17.0 Å². The number of hydrogen-bond acceptors (Lipinski definition) is 7. The minimum absolute atomic E-state index is 0.0234. The molecule has 182 valence electrons. The third-order valence-corrected chi connectivity index (χ3v) is 6.11. The van der Waals surface area contributed by atoms with E-state index in [1.807, 2.05) is 30.3 Å². The van der Waals surface area contributed by atoms with Crippen LogP contribution in [0, 0.1) is 11.7 Å². The van der Waals surface area contributed by atoms with Gasteiger partial charge in [0, 0.05) is 37.3 Å². The first-order chi connectivity index (χ1) is 17.1. The van der Waals surface area contributed by atoms with Gasteiger partial charge < -0.3 is 20.5 Å². The van der Waals surface area contributed by atoms with Crippen molar-refractivity contribution in [2.75, 3.05) is 50.5 Å². The van der Waals surface area contributed by atoms with E-state index in [1.165, 1.54) is 6.08 Å². The molecular weight excluding hydrogens is 449 g/mol. The number of nitrogens with two attached hydrogens (primary N) is 1. The topological polar surface area (TPSA) is 103 Å². The van der Waals surface area contributed by atoms with Crippen molar-refractivity contribution in [1.29, 1.82) is 0 Å². The Labute approximate surface area is 202 Å². The summed E-state index contributed by atoms with van der Waals surface area (Å²) in [4.78, 5) is 23.5. The van der Waals surface area contributed by atoms with Crippen molar-refractivity contribution >= 4 is 28.4 Å². The van der Waals surface area contributed by atoms with Crippen molar-refractivity contribution < 1.29 is 18.7 Å². The summed E-state index contributed by atoms with van der Waals surface area (Å²) in [6, 6.07) is 10.8. The minimum atomic E-state index is -0.651. The van der Waals surface area contributed by atoms with Crippen LogP contribution in [0.2, 0.25) is 0 Å². The zero-order chi connectivity index (χ0) is 24.2. The van der Waals surface area contributed by atoms with Gasteiger partial charge in [-0.15, -0.1) is 0 Å². The van der Waals surface area contributed by atoms with Gasteiger partial charge in [-0.1, -0.05) is 36.4 Å². The molecule has 1 saturated heterocycles. The summed E-state index contributed by atoms with van der Waals surface area (Å²) >= 11 is 0. The van der Waals surface area contributed by atoms with Gasteiger partial charge in [0.2, 0.25) is 11.9 Å². The number of aromatic nitrogens is 2. The summed E-state index contributed by atoms with van der Waals surface area (Å²) in [6.45, 7) is 4.06. The highest BCUT2D eigenvalue weighted by molar-refractivity contribution is 6.04. The Bertz CT molecular complexity index is 1240. The lowest BCUT2D eigenvalue weighted by molar-refractivity contribution is -0.112. The number of hydrogen-bond donors (Lipinski definition) is 2. The van der Waals surface area contributed by atoms with E-state index in [1.54, 1.807) is 12.1 Å². The molecular formula is C26H28FN5O3. The Kier molecular flexibility index (Phi) is 6.87. The van der Waals surface area contributed by atoms with E-state index >= 15 is 4.39 Å². The first kappa shape index (κ1) is 23.2. The molecule has 0 spiro atoms. The van der Waals surface area contributed by atoms with Crippen molar-refractivity contribution in [2.24, 2.45) is 5.92 Å². The molecule has 2 fully saturated rings. The highest BCUT2D eigenvalue weighted by Crippen LogP contribution is 2.39. The van der Waals surface area contributed by atoms with Crippen molar-refractivity contribution in [3.63, 3.8) is 0 Å². The zero-order valence-corrected chi connectivity index (χ0v) is 19.4. The molecule has 35 heavy (non-hydrogen) atoms. The minimum Gasteiger partial charge on any atom is -0.491 e. The molecule has 1 aliphatic carbocycles. The number of rotatable bonds is 8. The maximum Gasteiger partial charge on any atom is 0.248 e. The molecule has 3 aromatic rings. The van der Waals surface area contributed by atoms with Gasteiger partial charge in [0.1, 0.15) is 11.4 Å². The monoisotopic (exact) mass is 477 g/mol. The molecule has 2 aliphatic rings. The fourth-order valence-corrected chi connectivity index (χ4v) is 4.03. The quantitative estimate of drug-likeness (QED) is 0.478. The fourth-order valence-electron chi connectivity index (χ4n) is 4.03. The summed E-state index contributed by atoms with van der Waals surface area (Å²) in [5.74, 6) is -0.380. The van der Waals surface area contributed by atoms with Gasteiger partial charge in [-0.3, -0.25) is 9.69 Å². The lowest BCUT2D eigenvalue weighted by atomic mass is 10.0. The molecule has 1 aliphatic heterocycles. The number of ether oxygens (including phenoxy) is 2. The average molecular weight is 478 g/mol. The van der Waals surface area contributed by atoms with E-state index in [-0.39, 0.29) is 22.8 Å². The Balaban J connectivity index is 1.48. The number of anilines is 2. The summed E-state index contributed by atoms with van der Waals surface area (Å²) in [5.41, 5.74) is 7.30. The SMILES string of the molecule is Nc1nc(-c2ccccc2)c2c(F)c(NC(=O)C=CCN3CCOCC3)c(OCC3CC3)cc2n1. The molecule has 9 heteroatoms. The number of carbonyl (C=O) groups excluding carboxylic acids is 1. The van der Waals surface area contributed by atoms with E-state index < -0.39 is 11.7 Å². The molecule has 1 aromatic heterocycles. The third-order valence-electron chi connectivity index (χ3n) is 6.11. The Morgan fingerprint density at radius 1 is 1.23 bits per heavy atom. The zero-order valence-electron chi connectivity index (χ0n) is 19.4. The van der Waals surface area contributed by atoms with Crippen LogP contribution in [0.15, 0.2) is 48.6 Å². The summed E-state index contributed by atoms with van der Waals surface area (Å²) < 4.78 is 27.3. The van der Waals surface area contributed by atoms with Crippen LogP contribution in [0.25, 0.3) is 22.2 Å². The summed E-state index contributed by atoms with van der Waals surface area (Å²) in [7, 11) is 0. The highest BCUT2D eigenvalue weighted by atomic mass is 19.1. The van der Waals surface area contributed by atoms with Crippen LogP contribution in [0.1, 0.15) is 12.8 Å². The van der Waals surface area contributed by atoms with Gasteiger partial charge in [0.15, 0.2) is 5.82 Å². The summed E-state index contributed by atoms with van der Waals surface area (Å²) in [5, 5.41) is 2.87. The largest absolute Gasteiger partial charge is 0.491 e. The molecule has 3 N–H and O–H groups in total. The predicted molar refractivity (Wildman–Crippen MR) is 133 cm³/mol. The second kappa shape index (κ2) is 10.4. The molecule has 0 radical (unpaired) electrons. The van der Waals surface area contributed by atoms with Gasteiger partial charge in [-0.25, -0.2) is 14.4 Å². The number of carbonyl (C=O) groups is 1. The second-order valence-electron chi connectivity index (χ2n) is 8.81. The lowest BCUT2D eigenvalue weighted by Crippen LogP contribution is -2.36. The Morgan fingerprint density at radius 2 is 2.00 bits per heavy atom. The van der Waals surface area contributed by atoms with Crippen LogP contribution in [-0.2, 0) is 9.53 Å². The molecule has 8 nitrogen and oxygen atoms in total. The normalized spacial score (nSPS) is 16.6. The molecule has 2 aromatic carbocycles. The molecule has 1 saturated carbocycles. The van der Waals surface area contributed by atoms with Gasteiger partial charge >= 0.3 is 0 Å². The smallest absolute Gasteiger partial charge is 0.248 e. The molecule has 1 amide bonds. The first-order valence-electron chi connectivity index (χ1n) is 11.8. The van der Waals surface area contributed by atoms with E-state index in [0.717, 1.165) is 25.9 Å². The standard InChI is InChI=1S/C26H28FN5O3/c27-23-22-19(29-26(28)31-24(22)18-5-2-1-3-6-18)15-20(35-16-17-8-9-17)25(23)30-21(33)7-4-10-32-11-13-34-14-12-32/h1-7,15,17H,8-14,16H2,(H,30,33)(H2,28,29,31). The van der Waals surface area contributed by atoms with Crippen LogP contribution in [0.3, 0.4) is 0 Å². The lowest BCUT2D eigenvalue weighted by Gasteiger charge is -2.25. The van der Waals surface area contributed by atoms with Gasteiger partial charge in [-0.05, 0) is 18.8 Å². The van der Waals surface area contributed by atoms with Gasteiger partial charge in [-0.2, -0.15) is 0 Å². The average Bonchev–Trinajstić information content (AvgIpc) is 3.70. The van der Waals surface area contributed by atoms with Crippen molar-refractivity contribution in [2.45, 2.75) is 12.8 Å². The fraction of sp³-hybridized carbons (Fsp3) is 0.346. The number of amides is 1. The molecule has 2 heterocycles. The van der Waals surface area contributed by atoms with Crippen LogP contribution >= 0.6 is 0 Å². The van der Waals surface area contributed by atoms with E-state index in [9.17, 15) is 4.79 Å². The van der Waals surface area contributed by atoms with Crippen LogP contribution in [-0.4, -0.2) is 60.2 Å². The third kappa shape index (κ3) is 5.58. The molecule has 0 unspecified atom stereocenters. The van der Waals surface area contributed by atoms with E-state index in [0.29, 0.717) is 49.1 Å². The molecule has 5 rings (SSSR count). The van der Waals surface area contributed by atoms with Gasteiger partial charge in [0.25, 0.3) is 0 Å². The summed E-state index contributed by atoms with van der Waals surface area (Å²) in [6.07, 6.45) is 5.34. The number of nitrogens with one attached hydrogen (secondary N) is 1. The predicted octanol–water partition coefficient (Wildman–Crippen LogP) is 3.63. The van der Waals surface area contributed by atoms with Crippen LogP contribution < -0.4 is 15.8 Å². The number of morpholine rings is 1. The van der Waals surface area contributed by atoms with Gasteiger partial charge in [0.05, 0.1) is 36.4 Å². The second-order valence-corrected chi connectivity index (χ2v) is 8.81. The molecule has 0 atom stereocenters. The maximum absolute atomic E-state index is 16.1. The number of benzene rings is 2. The van der Waals surface area contributed by atoms with E-state index in [4.69, 9.17) is 15.2 Å². The first-order valence-corrected chi connectivity index (χ1v) is 11.8. The Morgan fingerprint density at radius 3 is 2.74 bits per heavy atom. The highest BCUT2D eigenvalue weighted by Gasteiger charge is 2.25. The number of fused-ring (bicyclic) bond motifs is 1. The van der Waals surface area contributed by atoms with Crippen LogP contribution in [0.4, 0.5) is 16.0 Å². The number of nitrogen functional groups attached to an aromatic ring is 1. The number of halogens is 1. The van der Waals surface area contributed by atoms with Crippen molar-refractivity contribution in [3.05, 3.63) is 54.4 Å². The molecule has 0 bridgehead atoms. The van der Waals surface area contributed by atoms with E-state index in [2.05, 4.69) is 20.2 Å². The maximum atomic E-state index is 16.1. The Hall–Kier alpha value is -3.56. The van der Waals surface area contributed by atoms with Crippen LogP contribution in [0.5, 0.6) is 5.75 Å². The van der Waals surface area contributed by atoms with Crippen molar-refractivity contribution in [1.82, 2.24) is 14.9 Å². The number of nitrogens with zero attached hydrogens (tertiary/aromatic N) is 3.